The summed E-state index contributed by atoms with van der Waals surface area (Å²) in [6.45, 7) is 12.4. The van der Waals surface area contributed by atoms with Gasteiger partial charge in [0.15, 0.2) is 11.4 Å². The van der Waals surface area contributed by atoms with Gasteiger partial charge in [0.25, 0.3) is 0 Å². The molecule has 2 unspecified atom stereocenters. The van der Waals surface area contributed by atoms with Crippen LogP contribution in [-0.4, -0.2) is 63.6 Å². The van der Waals surface area contributed by atoms with Crippen LogP contribution in [0.15, 0.2) is 65.1 Å². The van der Waals surface area contributed by atoms with Crippen LogP contribution in [0, 0.1) is 10.8 Å². The molecule has 11 heteroatoms. The molecule has 2 atom stereocenters. The van der Waals surface area contributed by atoms with E-state index in [0.717, 1.165) is 0 Å². The molecule has 0 saturated carbocycles. The Labute approximate surface area is 261 Å². The van der Waals surface area contributed by atoms with Gasteiger partial charge in [0.05, 0.1) is 50.4 Å². The van der Waals surface area contributed by atoms with Crippen molar-refractivity contribution in [1.82, 2.24) is 19.9 Å². The Hall–Kier alpha value is -5.06. The summed E-state index contributed by atoms with van der Waals surface area (Å²) in [4.78, 5) is 51.0. The van der Waals surface area contributed by atoms with Crippen LogP contribution in [-0.2, 0) is 20.6 Å². The summed E-state index contributed by atoms with van der Waals surface area (Å²) in [6, 6.07) is 5.66. The number of rotatable bonds is 6. The maximum Gasteiger partial charge on any atom is 0.358 e. The highest BCUT2D eigenvalue weighted by Crippen LogP contribution is 2.56. The van der Waals surface area contributed by atoms with Gasteiger partial charge in [-0.15, -0.1) is 0 Å². The largest absolute Gasteiger partial charge is 0.507 e. The highest BCUT2D eigenvalue weighted by atomic mass is 16.5. The van der Waals surface area contributed by atoms with Crippen molar-refractivity contribution in [3.8, 4) is 5.75 Å². The number of para-hydroxylation sites is 1. The van der Waals surface area contributed by atoms with Crippen molar-refractivity contribution >= 4 is 35.5 Å². The van der Waals surface area contributed by atoms with E-state index in [1.165, 1.54) is 39.0 Å². The van der Waals surface area contributed by atoms with Crippen molar-refractivity contribution < 1.29 is 24.2 Å². The lowest BCUT2D eigenvalue weighted by Crippen LogP contribution is -2.38. The van der Waals surface area contributed by atoms with Gasteiger partial charge in [0.1, 0.15) is 16.8 Å². The van der Waals surface area contributed by atoms with E-state index in [4.69, 9.17) is 19.5 Å². The number of phenols is 1. The summed E-state index contributed by atoms with van der Waals surface area (Å²) in [5.41, 5.74) is 1.03. The summed E-state index contributed by atoms with van der Waals surface area (Å²) in [6.07, 6.45) is 13.2. The van der Waals surface area contributed by atoms with Crippen molar-refractivity contribution in [3.63, 3.8) is 0 Å². The molecule has 2 aliphatic heterocycles. The van der Waals surface area contributed by atoms with E-state index in [2.05, 4.69) is 61.5 Å². The maximum absolute atomic E-state index is 12.2. The van der Waals surface area contributed by atoms with Crippen LogP contribution in [0.5, 0.6) is 5.75 Å². The molecule has 4 heterocycles. The quantitative estimate of drug-likeness (QED) is 0.365. The third kappa shape index (κ3) is 5.22. The number of carbonyl (C=O) groups is 2. The predicted octanol–water partition coefficient (Wildman–Crippen LogP) is 5.36. The fourth-order valence-electron chi connectivity index (χ4n) is 5.68. The van der Waals surface area contributed by atoms with Crippen molar-refractivity contribution in [2.24, 2.45) is 20.8 Å². The minimum atomic E-state index is -0.964. The second-order valence-electron chi connectivity index (χ2n) is 13.0. The van der Waals surface area contributed by atoms with Crippen molar-refractivity contribution in [2.75, 3.05) is 14.2 Å². The molecular weight excluding hydrogens is 572 g/mol. The Bertz CT molecular complexity index is 1650. The zero-order valence-corrected chi connectivity index (χ0v) is 26.6. The number of benzene rings is 1. The van der Waals surface area contributed by atoms with Gasteiger partial charge in [-0.2, -0.15) is 0 Å². The van der Waals surface area contributed by atoms with E-state index in [1.807, 2.05) is 30.4 Å². The monoisotopic (exact) mass is 608 g/mol. The third-order valence-corrected chi connectivity index (χ3v) is 8.37. The van der Waals surface area contributed by atoms with Crippen LogP contribution in [0.2, 0.25) is 0 Å². The highest BCUT2D eigenvalue weighted by molar-refractivity contribution is 6.12. The van der Waals surface area contributed by atoms with Crippen LogP contribution in [0.25, 0.3) is 11.1 Å². The number of carbonyl (C=O) groups excluding carboxylic acids is 2. The summed E-state index contributed by atoms with van der Waals surface area (Å²) < 4.78 is 9.47. The van der Waals surface area contributed by atoms with Crippen LogP contribution in [0.1, 0.15) is 85.0 Å². The van der Waals surface area contributed by atoms with Gasteiger partial charge in [0.2, 0.25) is 0 Å². The standard InChI is InChI=1S/C34H36N6O5/c1-31(2,3)33(12-20(14-39-33)24-16-37-26(18-35-24)29(42)44-7)22-10-9-11-23(28(22)41)34(32(4,5)6)13-21(15-40-34)25-17-38-27(19-36-25)30(43)45-8/h9-19,41H,1-8H3. The molecule has 2 aromatic heterocycles. The van der Waals surface area contributed by atoms with Crippen molar-refractivity contribution in [3.05, 3.63) is 89.0 Å². The van der Waals surface area contributed by atoms with Crippen LogP contribution < -0.4 is 0 Å². The van der Waals surface area contributed by atoms with Gasteiger partial charge in [0, 0.05) is 34.7 Å². The first-order chi connectivity index (χ1) is 21.2. The first-order valence-electron chi connectivity index (χ1n) is 14.4. The van der Waals surface area contributed by atoms with Crippen LogP contribution >= 0.6 is 0 Å². The molecule has 0 spiro atoms. The summed E-state index contributed by atoms with van der Waals surface area (Å²) in [5, 5.41) is 12.2. The van der Waals surface area contributed by atoms with E-state index >= 15 is 0 Å². The number of ether oxygens (including phenoxy) is 2. The van der Waals surface area contributed by atoms with Crippen LogP contribution in [0.4, 0.5) is 0 Å². The van der Waals surface area contributed by atoms with Gasteiger partial charge in [-0.05, 0) is 23.0 Å². The molecule has 1 N–H and O–H groups in total. The third-order valence-electron chi connectivity index (χ3n) is 8.37. The Morgan fingerprint density at radius 2 is 1.07 bits per heavy atom. The summed E-state index contributed by atoms with van der Waals surface area (Å²) in [7, 11) is 2.58. The minimum Gasteiger partial charge on any atom is -0.507 e. The molecular formula is C34H36N6O5. The number of methoxy groups -OCH3 is 2. The summed E-state index contributed by atoms with van der Waals surface area (Å²) >= 11 is 0. The van der Waals surface area contributed by atoms with E-state index in [0.29, 0.717) is 33.7 Å². The minimum absolute atomic E-state index is 0.0749. The van der Waals surface area contributed by atoms with Crippen molar-refractivity contribution in [2.45, 2.75) is 52.6 Å². The van der Waals surface area contributed by atoms with Crippen LogP contribution in [0.3, 0.4) is 0 Å². The molecule has 11 nitrogen and oxygen atoms in total. The molecule has 0 bridgehead atoms. The fourth-order valence-corrected chi connectivity index (χ4v) is 5.68. The Morgan fingerprint density at radius 3 is 1.38 bits per heavy atom. The zero-order valence-electron chi connectivity index (χ0n) is 26.6. The van der Waals surface area contributed by atoms with E-state index < -0.39 is 33.8 Å². The number of allylic oxidation sites excluding steroid dienone is 2. The van der Waals surface area contributed by atoms with Crippen molar-refractivity contribution in [1.29, 1.82) is 0 Å². The molecule has 3 aromatic rings. The number of aliphatic imine (C=N–C) groups is 2. The maximum atomic E-state index is 12.2. The molecule has 1 aromatic carbocycles. The first kappa shape index (κ1) is 31.4. The first-order valence-corrected chi connectivity index (χ1v) is 14.4. The van der Waals surface area contributed by atoms with E-state index in [1.54, 1.807) is 12.4 Å². The van der Waals surface area contributed by atoms with Gasteiger partial charge in [-0.25, -0.2) is 19.6 Å². The Balaban J connectivity index is 1.61. The summed E-state index contributed by atoms with van der Waals surface area (Å²) in [5.74, 6) is -1.07. The molecule has 0 fully saturated rings. The second kappa shape index (κ2) is 11.1. The number of aromatic nitrogens is 4. The number of phenolic OH excluding ortho intramolecular Hbond substituents is 1. The molecule has 0 radical (unpaired) electrons. The number of nitrogens with zero attached hydrogens (tertiary/aromatic N) is 6. The number of hydrogen-bond acceptors (Lipinski definition) is 11. The molecule has 0 aliphatic carbocycles. The average molecular weight is 609 g/mol. The Kier molecular flexibility index (Phi) is 7.76. The topological polar surface area (TPSA) is 149 Å². The van der Waals surface area contributed by atoms with Gasteiger partial charge in [-0.3, -0.25) is 20.0 Å². The van der Waals surface area contributed by atoms with E-state index in [-0.39, 0.29) is 17.1 Å². The SMILES string of the molecule is COC(=O)c1cnc(C2=CC(c3cccc(C4(C(C)(C)C)C=C(c5cnc(C(=O)OC)cn5)C=N4)c3O)(C(C)(C)C)N=C2)cn1. The zero-order chi connectivity index (χ0) is 32.8. The van der Waals surface area contributed by atoms with Gasteiger partial charge in [-0.1, -0.05) is 59.7 Å². The van der Waals surface area contributed by atoms with Gasteiger partial charge >= 0.3 is 11.9 Å². The lowest BCUT2D eigenvalue weighted by Gasteiger charge is -2.42. The number of esters is 2. The fraction of sp³-hybridized carbons (Fsp3) is 0.353. The lowest BCUT2D eigenvalue weighted by atomic mass is 9.66. The molecule has 5 rings (SSSR count). The van der Waals surface area contributed by atoms with Gasteiger partial charge < -0.3 is 14.6 Å². The second-order valence-corrected chi connectivity index (χ2v) is 13.0. The van der Waals surface area contributed by atoms with E-state index in [9.17, 15) is 14.7 Å². The molecule has 0 amide bonds. The predicted molar refractivity (Wildman–Crippen MR) is 170 cm³/mol. The smallest absolute Gasteiger partial charge is 0.358 e. The Morgan fingerprint density at radius 1 is 0.667 bits per heavy atom. The molecule has 0 saturated heterocycles. The molecule has 45 heavy (non-hydrogen) atoms. The molecule has 2 aliphatic rings. The number of hydrogen-bond donors (Lipinski definition) is 1. The molecule has 232 valence electrons. The highest BCUT2D eigenvalue weighted by Gasteiger charge is 2.50. The lowest BCUT2D eigenvalue weighted by molar-refractivity contribution is 0.0584. The average Bonchev–Trinajstić information content (AvgIpc) is 3.68. The normalized spacial score (nSPS) is 21.0. The number of aromatic hydroxyl groups is 1.